The molecule has 0 N–H and O–H groups in total. The van der Waals surface area contributed by atoms with Crippen molar-refractivity contribution in [2.24, 2.45) is 5.16 Å². The van der Waals surface area contributed by atoms with Gasteiger partial charge in [0.2, 0.25) is 12.0 Å². The minimum absolute atomic E-state index is 0.0693. The van der Waals surface area contributed by atoms with Crippen LogP contribution in [0.1, 0.15) is 5.56 Å². The number of hydrogen-bond donors (Lipinski definition) is 0. The second-order valence-electron chi connectivity index (χ2n) is 4.39. The number of fused-ring (bicyclic) bond motifs is 1. The molecule has 0 unspecified atom stereocenters. The summed E-state index contributed by atoms with van der Waals surface area (Å²) >= 11 is -1.25. The molecule has 1 aromatic heterocycles. The van der Waals surface area contributed by atoms with Crippen LogP contribution in [0, 0.1) is 0 Å². The first-order chi connectivity index (χ1) is 11.5. The fraction of sp³-hybridized carbons (Fsp3) is 0.231. The molecule has 0 amide bonds. The summed E-state index contributed by atoms with van der Waals surface area (Å²) in [5, 5.41) is 2.48. The zero-order valence-electron chi connectivity index (χ0n) is 12.1. The smallest absolute Gasteiger partial charge is 0.482 e. The van der Waals surface area contributed by atoms with E-state index < -0.39 is 40.6 Å². The lowest BCUT2D eigenvalue weighted by molar-refractivity contribution is -0.0608. The first kappa shape index (κ1) is 19.0. The number of oxime groups is 1. The Bertz CT molecular complexity index is 858. The third-order valence-electron chi connectivity index (χ3n) is 2.73. The molecule has 0 saturated heterocycles. The first-order valence-electron chi connectivity index (χ1n) is 6.20. The van der Waals surface area contributed by atoms with Crippen LogP contribution in [-0.2, 0) is 4.28 Å². The fourth-order valence-electron chi connectivity index (χ4n) is 1.74. The minimum atomic E-state index is -5.25. The van der Waals surface area contributed by atoms with Crippen molar-refractivity contribution in [3.8, 4) is 5.75 Å². The minimum Gasteiger partial charge on any atom is -0.497 e. The molecule has 2 aromatic rings. The first-order valence-corrected chi connectivity index (χ1v) is 6.94. The van der Waals surface area contributed by atoms with Gasteiger partial charge < -0.3 is 13.4 Å². The van der Waals surface area contributed by atoms with E-state index in [4.69, 9.17) is 9.15 Å². The number of rotatable bonds is 4. The largest absolute Gasteiger partial charge is 0.497 e. The van der Waals surface area contributed by atoms with Crippen molar-refractivity contribution in [3.63, 3.8) is 0 Å². The summed E-state index contributed by atoms with van der Waals surface area (Å²) in [4.78, 5) is 11.8. The Morgan fingerprint density at radius 1 is 1.16 bits per heavy atom. The molecule has 0 aliphatic heterocycles. The molecule has 0 bridgehead atoms. The van der Waals surface area contributed by atoms with Crippen molar-refractivity contribution in [3.05, 3.63) is 40.2 Å². The number of nitrogens with zero attached hydrogens (tertiary/aromatic N) is 1. The summed E-state index contributed by atoms with van der Waals surface area (Å²) in [6.07, 6.45) is -5.25. The SMILES string of the molecule is COc1ccc2cc(/C(=N\OSC(F)(F)F)C(F)(F)F)c(=O)oc2c1. The molecule has 0 radical (unpaired) electrons. The maximum atomic E-state index is 13.0. The molecule has 0 saturated carbocycles. The average Bonchev–Trinajstić information content (AvgIpc) is 2.48. The van der Waals surface area contributed by atoms with Crippen LogP contribution in [0.5, 0.6) is 5.75 Å². The average molecular weight is 387 g/mol. The molecule has 12 heteroatoms. The second kappa shape index (κ2) is 6.86. The maximum Gasteiger partial charge on any atom is 0.482 e. The van der Waals surface area contributed by atoms with Crippen molar-refractivity contribution in [2.75, 3.05) is 7.11 Å². The third kappa shape index (κ3) is 4.81. The summed E-state index contributed by atoms with van der Waals surface area (Å²) in [7, 11) is 1.33. The van der Waals surface area contributed by atoms with Gasteiger partial charge in [-0.1, -0.05) is 5.16 Å². The Morgan fingerprint density at radius 2 is 1.84 bits per heavy atom. The highest BCUT2D eigenvalue weighted by atomic mass is 32.2. The van der Waals surface area contributed by atoms with Crippen molar-refractivity contribution >= 4 is 28.7 Å². The van der Waals surface area contributed by atoms with Gasteiger partial charge in [0.05, 0.1) is 12.7 Å². The van der Waals surface area contributed by atoms with Crippen molar-refractivity contribution in [1.29, 1.82) is 0 Å². The monoisotopic (exact) mass is 387 g/mol. The van der Waals surface area contributed by atoms with Gasteiger partial charge >= 0.3 is 17.3 Å². The number of hydrogen-bond acceptors (Lipinski definition) is 6. The van der Waals surface area contributed by atoms with Gasteiger partial charge in [-0.15, -0.1) is 0 Å². The molecule has 25 heavy (non-hydrogen) atoms. The number of benzene rings is 1. The molecular formula is C13H7F6NO4S. The van der Waals surface area contributed by atoms with Gasteiger partial charge in [-0.25, -0.2) is 4.79 Å². The summed E-state index contributed by atoms with van der Waals surface area (Å²) in [5.41, 5.74) is -9.52. The van der Waals surface area contributed by atoms with Gasteiger partial charge in [-0.05, 0) is 18.2 Å². The number of alkyl halides is 6. The third-order valence-corrected chi connectivity index (χ3v) is 3.07. The van der Waals surface area contributed by atoms with Crippen LogP contribution in [0.3, 0.4) is 0 Å². The summed E-state index contributed by atoms with van der Waals surface area (Å²) < 4.78 is 88.2. The molecule has 5 nitrogen and oxygen atoms in total. The van der Waals surface area contributed by atoms with Gasteiger partial charge in [0.15, 0.2) is 5.71 Å². The predicted octanol–water partition coefficient (Wildman–Crippen LogP) is 4.25. The highest BCUT2D eigenvalue weighted by Crippen LogP contribution is 2.32. The van der Waals surface area contributed by atoms with E-state index in [1.165, 1.54) is 25.3 Å². The van der Waals surface area contributed by atoms with Crippen LogP contribution < -0.4 is 10.4 Å². The van der Waals surface area contributed by atoms with E-state index >= 15 is 0 Å². The molecule has 0 fully saturated rings. The summed E-state index contributed by atoms with van der Waals surface area (Å²) in [6, 6.07) is 4.75. The van der Waals surface area contributed by atoms with E-state index in [1.54, 1.807) is 0 Å². The Kier molecular flexibility index (Phi) is 5.20. The van der Waals surface area contributed by atoms with Crippen LogP contribution in [-0.4, -0.2) is 24.5 Å². The number of methoxy groups -OCH3 is 1. The van der Waals surface area contributed by atoms with E-state index in [9.17, 15) is 31.1 Å². The lowest BCUT2D eigenvalue weighted by atomic mass is 10.1. The molecule has 0 spiro atoms. The predicted molar refractivity (Wildman–Crippen MR) is 76.4 cm³/mol. The van der Waals surface area contributed by atoms with Crippen LogP contribution >= 0.6 is 12.0 Å². The van der Waals surface area contributed by atoms with Gasteiger partial charge in [-0.3, -0.25) is 0 Å². The molecule has 1 aromatic carbocycles. The van der Waals surface area contributed by atoms with Crippen LogP contribution in [0.25, 0.3) is 11.0 Å². The Balaban J connectivity index is 2.52. The highest BCUT2D eigenvalue weighted by Gasteiger charge is 2.41. The van der Waals surface area contributed by atoms with Crippen LogP contribution in [0.4, 0.5) is 26.3 Å². The molecule has 2 rings (SSSR count). The molecule has 1 heterocycles. The van der Waals surface area contributed by atoms with Crippen molar-refractivity contribution < 1.29 is 39.8 Å². The van der Waals surface area contributed by atoms with E-state index in [2.05, 4.69) is 9.44 Å². The zero-order valence-corrected chi connectivity index (χ0v) is 12.9. The van der Waals surface area contributed by atoms with Gasteiger partial charge in [0.25, 0.3) is 0 Å². The lowest BCUT2D eigenvalue weighted by Gasteiger charge is -2.10. The molecule has 0 aliphatic carbocycles. The normalized spacial score (nSPS) is 13.2. The summed E-state index contributed by atoms with van der Waals surface area (Å²) in [5.74, 6) is 0.290. The van der Waals surface area contributed by atoms with Crippen molar-refractivity contribution in [2.45, 2.75) is 11.7 Å². The number of ether oxygens (including phenoxy) is 1. The topological polar surface area (TPSA) is 61.0 Å². The quantitative estimate of drug-likeness (QED) is 0.258. The molecule has 136 valence electrons. The molecule has 0 aliphatic rings. The van der Waals surface area contributed by atoms with E-state index in [0.717, 1.165) is 6.07 Å². The van der Waals surface area contributed by atoms with Gasteiger partial charge in [0.1, 0.15) is 11.3 Å². The highest BCUT2D eigenvalue weighted by molar-refractivity contribution is 7.95. The van der Waals surface area contributed by atoms with E-state index in [0.29, 0.717) is 0 Å². The van der Waals surface area contributed by atoms with Crippen LogP contribution in [0.15, 0.2) is 38.6 Å². The Hall–Kier alpha value is -2.37. The van der Waals surface area contributed by atoms with Gasteiger partial charge in [0, 0.05) is 11.5 Å². The van der Waals surface area contributed by atoms with E-state index in [-0.39, 0.29) is 16.7 Å². The number of halogens is 6. The van der Waals surface area contributed by atoms with Crippen LogP contribution in [0.2, 0.25) is 0 Å². The van der Waals surface area contributed by atoms with E-state index in [1.807, 2.05) is 0 Å². The Labute approximate surface area is 139 Å². The standard InChI is InChI=1S/C13H7F6NO4S/c1-22-7-3-2-6-4-8(11(21)23-9(6)5-7)10(12(14,15)16)20-24-25-13(17,18)19/h2-5H,1H3/b20-10+. The fourth-order valence-corrected chi connectivity index (χ4v) is 1.93. The van der Waals surface area contributed by atoms with Crippen molar-refractivity contribution in [1.82, 2.24) is 0 Å². The zero-order chi connectivity index (χ0) is 18.8. The Morgan fingerprint density at radius 3 is 2.40 bits per heavy atom. The summed E-state index contributed by atoms with van der Waals surface area (Å²) in [6.45, 7) is 0. The molecule has 0 atom stereocenters. The maximum absolute atomic E-state index is 13.0. The lowest BCUT2D eigenvalue weighted by Crippen LogP contribution is -2.29. The van der Waals surface area contributed by atoms with Gasteiger partial charge in [-0.2, -0.15) is 26.3 Å². The molecular weight excluding hydrogens is 380 g/mol. The second-order valence-corrected chi connectivity index (χ2v) is 5.17.